The summed E-state index contributed by atoms with van der Waals surface area (Å²) in [5.41, 5.74) is 0. The number of carbonyl (C=O) groups is 3. The van der Waals surface area contributed by atoms with Gasteiger partial charge >= 0.3 is 17.9 Å². The number of allylic oxidation sites excluding steroid dienone is 24. The van der Waals surface area contributed by atoms with Gasteiger partial charge in [0.15, 0.2) is 6.10 Å². The minimum atomic E-state index is -0.835. The van der Waals surface area contributed by atoms with E-state index in [9.17, 15) is 14.4 Å². The molecule has 1 unspecified atom stereocenters. The number of esters is 3. The predicted molar refractivity (Wildman–Crippen MR) is 292 cm³/mol. The number of unbranched alkanes of at least 4 members (excludes halogenated alkanes) is 16. The Morgan fingerprint density at radius 1 is 0.324 bits per heavy atom. The Kier molecular flexibility index (Phi) is 51.1. The van der Waals surface area contributed by atoms with Crippen LogP contribution in [0.5, 0.6) is 0 Å². The predicted octanol–water partition coefficient (Wildman–Crippen LogP) is 18.0. The molecule has 0 aromatic heterocycles. The molecule has 0 aromatic carbocycles. The van der Waals surface area contributed by atoms with Crippen LogP contribution in [0, 0.1) is 0 Å². The molecular weight excluding hydrogens is 841 g/mol. The Balaban J connectivity index is 4.61. The van der Waals surface area contributed by atoms with Gasteiger partial charge in [-0.2, -0.15) is 0 Å². The Bertz CT molecular complexity index is 1540. The first kappa shape index (κ1) is 63.3. The number of rotatable bonds is 46. The summed E-state index contributed by atoms with van der Waals surface area (Å²) in [6.45, 7) is 6.26. The second-order valence-corrected chi connectivity index (χ2v) is 17.2. The highest BCUT2D eigenvalue weighted by molar-refractivity contribution is 5.71. The van der Waals surface area contributed by atoms with Crippen LogP contribution in [0.25, 0.3) is 0 Å². The van der Waals surface area contributed by atoms with Crippen molar-refractivity contribution >= 4 is 17.9 Å². The van der Waals surface area contributed by atoms with Crippen LogP contribution in [0.2, 0.25) is 0 Å². The standard InChI is InChI=1S/C62H96O6/c1-4-7-10-13-16-19-22-25-28-31-34-37-40-43-46-49-52-55-61(64)67-58-59(57-66-60(63)54-51-48-45-42-39-36-33-30-27-24-21-18-15-12-9-6-3)68-62(65)56-53-50-47-44-41-38-35-32-29-26-23-20-17-14-11-8-5-2/h7,9-10,12-13,16,18-19,21-22,25-31,34-35,37-38,40,44,47,59H,4-6,8,11,14-15,17,20,23-24,32-33,36,39,41-43,45-46,48-58H2,1-3H3/b10-7-,12-9-,16-13-,21-18-,22-19-,28-25-,29-26-,30-27-,34-31+,38-35-,40-37-,47-44-. The average Bonchev–Trinajstić information content (AvgIpc) is 3.34. The quantitative estimate of drug-likeness (QED) is 0.0199. The summed E-state index contributed by atoms with van der Waals surface area (Å²) in [4.78, 5) is 38.1. The number of carbonyl (C=O) groups excluding carboxylic acids is 3. The first-order chi connectivity index (χ1) is 33.5. The third-order valence-corrected chi connectivity index (χ3v) is 10.7. The van der Waals surface area contributed by atoms with Crippen molar-refractivity contribution in [1.82, 2.24) is 0 Å². The number of hydrogen-bond donors (Lipinski definition) is 0. The first-order valence-corrected chi connectivity index (χ1v) is 26.9. The molecule has 0 N–H and O–H groups in total. The summed E-state index contributed by atoms with van der Waals surface area (Å²) >= 11 is 0. The van der Waals surface area contributed by atoms with Crippen LogP contribution in [0.15, 0.2) is 146 Å². The van der Waals surface area contributed by atoms with Gasteiger partial charge in [0, 0.05) is 19.3 Å². The van der Waals surface area contributed by atoms with E-state index in [1.807, 2.05) is 60.8 Å². The molecule has 0 spiro atoms. The fourth-order valence-corrected chi connectivity index (χ4v) is 6.74. The van der Waals surface area contributed by atoms with Gasteiger partial charge < -0.3 is 14.2 Å². The van der Waals surface area contributed by atoms with Gasteiger partial charge in [0.25, 0.3) is 0 Å². The van der Waals surface area contributed by atoms with Crippen LogP contribution in [0.1, 0.15) is 207 Å². The molecule has 0 saturated heterocycles. The van der Waals surface area contributed by atoms with Crippen LogP contribution < -0.4 is 0 Å². The SMILES string of the molecule is CC\C=C/C=C\C=C/C=C\C=C\C=C/CCCCCC(=O)OCC(COC(=O)CCCCCCCC/C=C\C/C=C\C/C=C\CC)OC(=O)CCC/C=C\C/C=C\C/C=C\CCCCCCCC. The molecule has 0 aromatic rings. The first-order valence-electron chi connectivity index (χ1n) is 26.9. The van der Waals surface area contributed by atoms with Crippen molar-refractivity contribution in [3.63, 3.8) is 0 Å². The fourth-order valence-electron chi connectivity index (χ4n) is 6.74. The lowest BCUT2D eigenvalue weighted by atomic mass is 10.1. The highest BCUT2D eigenvalue weighted by Crippen LogP contribution is 2.12. The summed E-state index contributed by atoms with van der Waals surface area (Å²) in [5.74, 6) is -1.05. The van der Waals surface area contributed by atoms with Crippen LogP contribution >= 0.6 is 0 Å². The molecule has 0 bridgehead atoms. The summed E-state index contributed by atoms with van der Waals surface area (Å²) in [5, 5.41) is 0. The summed E-state index contributed by atoms with van der Waals surface area (Å²) in [6.07, 6.45) is 78.3. The highest BCUT2D eigenvalue weighted by atomic mass is 16.6. The molecule has 6 heteroatoms. The second kappa shape index (κ2) is 54.9. The van der Waals surface area contributed by atoms with Crippen molar-refractivity contribution < 1.29 is 28.6 Å². The van der Waals surface area contributed by atoms with Crippen molar-refractivity contribution in [2.45, 2.75) is 213 Å². The molecule has 0 radical (unpaired) electrons. The topological polar surface area (TPSA) is 78.9 Å². The molecule has 0 aliphatic rings. The van der Waals surface area contributed by atoms with Crippen molar-refractivity contribution in [1.29, 1.82) is 0 Å². The van der Waals surface area contributed by atoms with Crippen LogP contribution in [0.4, 0.5) is 0 Å². The number of hydrogen-bond acceptors (Lipinski definition) is 6. The maximum atomic E-state index is 12.8. The van der Waals surface area contributed by atoms with Crippen molar-refractivity contribution in [2.75, 3.05) is 13.2 Å². The van der Waals surface area contributed by atoms with Gasteiger partial charge in [-0.05, 0) is 103 Å². The van der Waals surface area contributed by atoms with E-state index < -0.39 is 6.10 Å². The maximum absolute atomic E-state index is 12.8. The van der Waals surface area contributed by atoms with Crippen molar-refractivity contribution in [3.05, 3.63) is 146 Å². The summed E-state index contributed by atoms with van der Waals surface area (Å²) in [6, 6.07) is 0. The summed E-state index contributed by atoms with van der Waals surface area (Å²) < 4.78 is 16.7. The Morgan fingerprint density at radius 2 is 0.662 bits per heavy atom. The normalized spacial score (nSPS) is 13.3. The average molecular weight is 937 g/mol. The highest BCUT2D eigenvalue weighted by Gasteiger charge is 2.19. The third-order valence-electron chi connectivity index (χ3n) is 10.7. The molecule has 68 heavy (non-hydrogen) atoms. The van der Waals surface area contributed by atoms with Crippen LogP contribution in [0.3, 0.4) is 0 Å². The number of ether oxygens (including phenoxy) is 3. The zero-order valence-corrected chi connectivity index (χ0v) is 43.3. The van der Waals surface area contributed by atoms with E-state index in [2.05, 4.69) is 106 Å². The van der Waals surface area contributed by atoms with Gasteiger partial charge in [-0.15, -0.1) is 0 Å². The van der Waals surface area contributed by atoms with Crippen LogP contribution in [-0.2, 0) is 28.6 Å². The van der Waals surface area contributed by atoms with Gasteiger partial charge in [-0.25, -0.2) is 0 Å². The van der Waals surface area contributed by atoms with E-state index in [1.165, 1.54) is 57.8 Å². The Morgan fingerprint density at radius 3 is 1.13 bits per heavy atom. The van der Waals surface area contributed by atoms with E-state index >= 15 is 0 Å². The molecule has 0 heterocycles. The van der Waals surface area contributed by atoms with Gasteiger partial charge in [-0.3, -0.25) is 14.4 Å². The van der Waals surface area contributed by atoms with Gasteiger partial charge in [0.1, 0.15) is 13.2 Å². The lowest BCUT2D eigenvalue weighted by molar-refractivity contribution is -0.167. The zero-order chi connectivity index (χ0) is 49.3. The van der Waals surface area contributed by atoms with Gasteiger partial charge in [0.05, 0.1) is 0 Å². The van der Waals surface area contributed by atoms with Crippen molar-refractivity contribution in [3.8, 4) is 0 Å². The van der Waals surface area contributed by atoms with Gasteiger partial charge in [0.2, 0.25) is 0 Å². The third kappa shape index (κ3) is 52.3. The maximum Gasteiger partial charge on any atom is 0.306 e. The zero-order valence-electron chi connectivity index (χ0n) is 43.3. The molecular formula is C62H96O6. The molecule has 0 saturated carbocycles. The fraction of sp³-hybridized carbons (Fsp3) is 0.565. The Hall–Kier alpha value is -4.71. The van der Waals surface area contributed by atoms with Crippen molar-refractivity contribution in [2.24, 2.45) is 0 Å². The van der Waals surface area contributed by atoms with E-state index in [1.54, 1.807) is 0 Å². The lowest BCUT2D eigenvalue weighted by Gasteiger charge is -2.18. The molecule has 6 nitrogen and oxygen atoms in total. The minimum absolute atomic E-state index is 0.126. The molecule has 1 atom stereocenters. The van der Waals surface area contributed by atoms with Crippen LogP contribution in [-0.4, -0.2) is 37.2 Å². The monoisotopic (exact) mass is 937 g/mol. The molecule has 0 fully saturated rings. The molecule has 0 aliphatic carbocycles. The second-order valence-electron chi connectivity index (χ2n) is 17.2. The lowest BCUT2D eigenvalue weighted by Crippen LogP contribution is -2.30. The van der Waals surface area contributed by atoms with E-state index in [0.717, 1.165) is 96.3 Å². The minimum Gasteiger partial charge on any atom is -0.462 e. The largest absolute Gasteiger partial charge is 0.462 e. The smallest absolute Gasteiger partial charge is 0.306 e. The molecule has 380 valence electrons. The van der Waals surface area contributed by atoms with E-state index in [-0.39, 0.29) is 44.0 Å². The molecule has 0 aliphatic heterocycles. The van der Waals surface area contributed by atoms with E-state index in [0.29, 0.717) is 19.3 Å². The molecule has 0 amide bonds. The summed E-state index contributed by atoms with van der Waals surface area (Å²) in [7, 11) is 0. The Labute approximate surface area is 417 Å². The van der Waals surface area contributed by atoms with E-state index in [4.69, 9.17) is 14.2 Å². The molecule has 0 rings (SSSR count). The van der Waals surface area contributed by atoms with Gasteiger partial charge in [-0.1, -0.05) is 231 Å².